The standard InChI is InChI=1S/C13H20N2O4S2/c1-2-6-19-11-4-3-5-15(8-11)13(16)10-7-12(20-9-10)21(14,17)18/h7,9,11H,2-6,8H2,1H3,(H2,14,17,18)/t11-/m1/s1. The average molecular weight is 332 g/mol. The van der Waals surface area contributed by atoms with E-state index in [4.69, 9.17) is 9.88 Å². The maximum atomic E-state index is 12.4. The number of nitrogens with zero attached hydrogens (tertiary/aromatic N) is 1. The Hall–Kier alpha value is -0.960. The molecule has 2 rings (SSSR count). The lowest BCUT2D eigenvalue weighted by Crippen LogP contribution is -2.43. The number of thiophene rings is 1. The van der Waals surface area contributed by atoms with Crippen molar-refractivity contribution in [3.05, 3.63) is 17.0 Å². The Morgan fingerprint density at radius 1 is 1.57 bits per heavy atom. The fraction of sp³-hybridized carbons (Fsp3) is 0.615. The zero-order valence-corrected chi connectivity index (χ0v) is 13.6. The van der Waals surface area contributed by atoms with E-state index in [9.17, 15) is 13.2 Å². The molecule has 0 saturated carbocycles. The van der Waals surface area contributed by atoms with Crippen molar-refractivity contribution in [1.29, 1.82) is 0 Å². The van der Waals surface area contributed by atoms with Gasteiger partial charge in [0.2, 0.25) is 10.0 Å². The van der Waals surface area contributed by atoms with E-state index >= 15 is 0 Å². The van der Waals surface area contributed by atoms with Crippen LogP contribution in [0.2, 0.25) is 0 Å². The molecule has 1 saturated heterocycles. The van der Waals surface area contributed by atoms with Crippen LogP contribution in [0.1, 0.15) is 36.5 Å². The zero-order chi connectivity index (χ0) is 15.5. The summed E-state index contributed by atoms with van der Waals surface area (Å²) in [7, 11) is -3.75. The number of carbonyl (C=O) groups is 1. The second-order valence-corrected chi connectivity index (χ2v) is 7.79. The Labute approximate surface area is 128 Å². The fourth-order valence-electron chi connectivity index (χ4n) is 2.30. The van der Waals surface area contributed by atoms with E-state index in [2.05, 4.69) is 0 Å². The summed E-state index contributed by atoms with van der Waals surface area (Å²) in [4.78, 5) is 14.1. The molecule has 0 unspecified atom stereocenters. The van der Waals surface area contributed by atoms with Gasteiger partial charge in [0.25, 0.3) is 5.91 Å². The van der Waals surface area contributed by atoms with Crippen LogP contribution in [0.5, 0.6) is 0 Å². The molecule has 0 radical (unpaired) electrons. The maximum Gasteiger partial charge on any atom is 0.254 e. The number of hydrogen-bond donors (Lipinski definition) is 1. The van der Waals surface area contributed by atoms with Crippen LogP contribution in [0.3, 0.4) is 0 Å². The molecule has 1 atom stereocenters. The van der Waals surface area contributed by atoms with Gasteiger partial charge in [0.05, 0.1) is 11.7 Å². The normalized spacial score (nSPS) is 19.7. The van der Waals surface area contributed by atoms with Crippen LogP contribution >= 0.6 is 11.3 Å². The molecule has 118 valence electrons. The van der Waals surface area contributed by atoms with Crippen molar-refractivity contribution in [2.24, 2.45) is 5.14 Å². The van der Waals surface area contributed by atoms with Crippen molar-refractivity contribution in [3.63, 3.8) is 0 Å². The van der Waals surface area contributed by atoms with Gasteiger partial charge in [-0.15, -0.1) is 11.3 Å². The third-order valence-corrected chi connectivity index (χ3v) is 5.71. The predicted molar refractivity (Wildman–Crippen MR) is 80.9 cm³/mol. The minimum atomic E-state index is -3.75. The van der Waals surface area contributed by atoms with Gasteiger partial charge in [-0.05, 0) is 25.3 Å². The Morgan fingerprint density at radius 2 is 2.33 bits per heavy atom. The van der Waals surface area contributed by atoms with E-state index in [-0.39, 0.29) is 16.2 Å². The number of ether oxygens (including phenoxy) is 1. The Balaban J connectivity index is 2.04. The second-order valence-electron chi connectivity index (χ2n) is 5.09. The summed E-state index contributed by atoms with van der Waals surface area (Å²) in [5.74, 6) is -0.161. The molecule has 1 aromatic heterocycles. The molecule has 1 aliphatic rings. The quantitative estimate of drug-likeness (QED) is 0.883. The first kappa shape index (κ1) is 16.4. The molecule has 21 heavy (non-hydrogen) atoms. The third kappa shape index (κ3) is 4.26. The molecule has 0 bridgehead atoms. The number of rotatable bonds is 5. The SMILES string of the molecule is CCCO[C@@H]1CCCN(C(=O)c2csc(S(N)(=O)=O)c2)C1. The molecule has 0 aromatic carbocycles. The second kappa shape index (κ2) is 6.87. The fourth-order valence-corrected chi connectivity index (χ4v) is 3.88. The van der Waals surface area contributed by atoms with Gasteiger partial charge in [0.1, 0.15) is 4.21 Å². The van der Waals surface area contributed by atoms with Gasteiger partial charge in [-0.2, -0.15) is 0 Å². The molecular formula is C13H20N2O4S2. The lowest BCUT2D eigenvalue weighted by Gasteiger charge is -2.32. The van der Waals surface area contributed by atoms with Gasteiger partial charge in [-0.1, -0.05) is 6.92 Å². The molecule has 2 heterocycles. The van der Waals surface area contributed by atoms with E-state index in [0.29, 0.717) is 25.3 Å². The van der Waals surface area contributed by atoms with Crippen LogP contribution in [-0.2, 0) is 14.8 Å². The number of likely N-dealkylation sites (tertiary alicyclic amines) is 1. The third-order valence-electron chi connectivity index (χ3n) is 3.33. The summed E-state index contributed by atoms with van der Waals surface area (Å²) in [6, 6.07) is 1.35. The van der Waals surface area contributed by atoms with Crippen molar-refractivity contribution in [3.8, 4) is 0 Å². The van der Waals surface area contributed by atoms with Crippen LogP contribution in [0.25, 0.3) is 0 Å². The Morgan fingerprint density at radius 3 is 2.95 bits per heavy atom. The number of piperidine rings is 1. The van der Waals surface area contributed by atoms with E-state index in [1.165, 1.54) is 6.07 Å². The summed E-state index contributed by atoms with van der Waals surface area (Å²) in [5.41, 5.74) is 0.375. The highest BCUT2D eigenvalue weighted by Gasteiger charge is 2.26. The lowest BCUT2D eigenvalue weighted by atomic mass is 10.1. The highest BCUT2D eigenvalue weighted by molar-refractivity contribution is 7.91. The topological polar surface area (TPSA) is 89.7 Å². The first-order chi connectivity index (χ1) is 9.91. The van der Waals surface area contributed by atoms with Gasteiger partial charge in [-0.25, -0.2) is 13.6 Å². The number of nitrogens with two attached hydrogens (primary N) is 1. The van der Waals surface area contributed by atoms with Gasteiger partial charge in [0, 0.05) is 25.1 Å². The molecule has 1 aliphatic heterocycles. The maximum absolute atomic E-state index is 12.4. The van der Waals surface area contributed by atoms with Gasteiger partial charge < -0.3 is 9.64 Å². The smallest absolute Gasteiger partial charge is 0.254 e. The number of hydrogen-bond acceptors (Lipinski definition) is 5. The molecule has 1 amide bonds. The minimum absolute atomic E-state index is 0.0154. The number of amides is 1. The Kier molecular flexibility index (Phi) is 5.37. The van der Waals surface area contributed by atoms with Gasteiger partial charge in [-0.3, -0.25) is 4.79 Å². The van der Waals surface area contributed by atoms with E-state index in [1.807, 2.05) is 6.92 Å². The highest BCUT2D eigenvalue weighted by atomic mass is 32.2. The van der Waals surface area contributed by atoms with Crippen LogP contribution in [0, 0.1) is 0 Å². The molecule has 1 aromatic rings. The van der Waals surface area contributed by atoms with Crippen LogP contribution in [0.15, 0.2) is 15.7 Å². The molecule has 8 heteroatoms. The largest absolute Gasteiger partial charge is 0.376 e. The van der Waals surface area contributed by atoms with E-state index < -0.39 is 10.0 Å². The number of sulfonamides is 1. The summed E-state index contributed by atoms with van der Waals surface area (Å²) in [6.07, 6.45) is 2.87. The summed E-state index contributed by atoms with van der Waals surface area (Å²) in [6.45, 7) is 3.97. The first-order valence-corrected chi connectivity index (χ1v) is 9.36. The van der Waals surface area contributed by atoms with Crippen molar-refractivity contribution < 1.29 is 17.9 Å². The summed E-state index contributed by atoms with van der Waals surface area (Å²) >= 11 is 0.972. The number of carbonyl (C=O) groups excluding carboxylic acids is 1. The van der Waals surface area contributed by atoms with Gasteiger partial charge in [0.15, 0.2) is 0 Å². The highest BCUT2D eigenvalue weighted by Crippen LogP contribution is 2.22. The minimum Gasteiger partial charge on any atom is -0.376 e. The molecule has 1 fully saturated rings. The summed E-state index contributed by atoms with van der Waals surface area (Å²) in [5, 5.41) is 6.60. The molecule has 0 aliphatic carbocycles. The lowest BCUT2D eigenvalue weighted by molar-refractivity contribution is 0.00212. The van der Waals surface area contributed by atoms with Crippen LogP contribution < -0.4 is 5.14 Å². The molecule has 0 spiro atoms. The molecular weight excluding hydrogens is 312 g/mol. The van der Waals surface area contributed by atoms with Crippen molar-refractivity contribution in [1.82, 2.24) is 4.90 Å². The van der Waals surface area contributed by atoms with Crippen LogP contribution in [0.4, 0.5) is 0 Å². The molecule has 6 nitrogen and oxygen atoms in total. The molecule has 2 N–H and O–H groups in total. The monoisotopic (exact) mass is 332 g/mol. The van der Waals surface area contributed by atoms with Crippen molar-refractivity contribution in [2.75, 3.05) is 19.7 Å². The van der Waals surface area contributed by atoms with Gasteiger partial charge >= 0.3 is 0 Å². The van der Waals surface area contributed by atoms with E-state index in [0.717, 1.165) is 30.6 Å². The zero-order valence-electron chi connectivity index (χ0n) is 11.9. The van der Waals surface area contributed by atoms with Crippen molar-refractivity contribution in [2.45, 2.75) is 36.5 Å². The summed E-state index contributed by atoms with van der Waals surface area (Å²) < 4.78 is 28.2. The average Bonchev–Trinajstić information content (AvgIpc) is 2.94. The van der Waals surface area contributed by atoms with Crippen LogP contribution in [-0.4, -0.2) is 45.0 Å². The predicted octanol–water partition coefficient (Wildman–Crippen LogP) is 1.43. The first-order valence-electron chi connectivity index (χ1n) is 6.94. The Bertz CT molecular complexity index is 597. The number of primary sulfonamides is 1. The van der Waals surface area contributed by atoms with Crippen molar-refractivity contribution >= 4 is 27.3 Å². The van der Waals surface area contributed by atoms with E-state index in [1.54, 1.807) is 10.3 Å².